The van der Waals surface area contributed by atoms with Crippen molar-refractivity contribution in [3.05, 3.63) is 35.4 Å². The smallest absolute Gasteiger partial charge is 0.254 e. The maximum absolute atomic E-state index is 12.3. The van der Waals surface area contributed by atoms with Crippen molar-refractivity contribution in [1.82, 2.24) is 4.90 Å². The van der Waals surface area contributed by atoms with Crippen LogP contribution in [-0.4, -0.2) is 40.5 Å². The number of nitrogens with zero attached hydrogens (tertiary/aromatic N) is 1. The summed E-state index contributed by atoms with van der Waals surface area (Å²) in [5, 5.41) is 10.3. The summed E-state index contributed by atoms with van der Waals surface area (Å²) in [5.41, 5.74) is 6.81. The highest BCUT2D eigenvalue weighted by Crippen LogP contribution is 2.21. The van der Waals surface area contributed by atoms with E-state index in [0.29, 0.717) is 10.9 Å². The first-order chi connectivity index (χ1) is 9.02. The number of alkyl halides is 1. The van der Waals surface area contributed by atoms with Gasteiger partial charge in [-0.15, -0.1) is 0 Å². The minimum absolute atomic E-state index is 0.145. The zero-order chi connectivity index (χ0) is 14.0. The summed E-state index contributed by atoms with van der Waals surface area (Å²) >= 11 is 3.33. The van der Waals surface area contributed by atoms with E-state index in [4.69, 9.17) is 5.73 Å². The van der Waals surface area contributed by atoms with Crippen LogP contribution in [0.25, 0.3) is 0 Å². The lowest BCUT2D eigenvalue weighted by molar-refractivity contribution is -0.121. The number of benzene rings is 1. The van der Waals surface area contributed by atoms with E-state index < -0.39 is 18.1 Å². The van der Waals surface area contributed by atoms with Gasteiger partial charge in [-0.25, -0.2) is 0 Å². The number of carbonyl (C=O) groups is 2. The lowest BCUT2D eigenvalue weighted by Crippen LogP contribution is -2.43. The molecular weight excluding hydrogens is 312 g/mol. The number of carbonyl (C=O) groups excluding carboxylic acids is 2. The fraction of sp³-hybridized carbons (Fsp3) is 0.385. The third kappa shape index (κ3) is 2.96. The van der Waals surface area contributed by atoms with E-state index >= 15 is 0 Å². The Kier molecular flexibility index (Phi) is 4.21. The second-order valence-electron chi connectivity index (χ2n) is 4.60. The predicted molar refractivity (Wildman–Crippen MR) is 73.7 cm³/mol. The van der Waals surface area contributed by atoms with Gasteiger partial charge in [-0.3, -0.25) is 9.59 Å². The van der Waals surface area contributed by atoms with Crippen LogP contribution in [0.4, 0.5) is 0 Å². The van der Waals surface area contributed by atoms with Crippen LogP contribution < -0.4 is 5.73 Å². The average Bonchev–Trinajstić information content (AvgIpc) is 2.80. The summed E-state index contributed by atoms with van der Waals surface area (Å²) in [7, 11) is 0. The number of amides is 2. The molecule has 1 aromatic carbocycles. The van der Waals surface area contributed by atoms with Gasteiger partial charge in [0.25, 0.3) is 5.91 Å². The maximum atomic E-state index is 12.3. The number of β-amino-alcohol motifs (C(OH)–C–C–N with tert-alkyl or cyclic N) is 1. The number of rotatable bonds is 3. The zero-order valence-electron chi connectivity index (χ0n) is 10.3. The Morgan fingerprint density at radius 3 is 2.53 bits per heavy atom. The van der Waals surface area contributed by atoms with Crippen molar-refractivity contribution < 1.29 is 14.7 Å². The molecule has 19 heavy (non-hydrogen) atoms. The predicted octanol–water partition coefficient (Wildman–Crippen LogP) is 0.642. The van der Waals surface area contributed by atoms with Crippen LogP contribution >= 0.6 is 15.9 Å². The molecule has 1 fully saturated rings. The number of halogens is 1. The molecule has 0 aliphatic carbocycles. The van der Waals surface area contributed by atoms with E-state index in [9.17, 15) is 14.7 Å². The standard InChI is InChI=1S/C13H15BrN2O3/c14-6-8-1-3-9(4-2-8)13(19)16-7-10(17)5-11(16)12(15)18/h1-4,10-11,17H,5-7H2,(H2,15,18). The average molecular weight is 327 g/mol. The molecule has 0 aromatic heterocycles. The molecule has 2 rings (SSSR count). The van der Waals surface area contributed by atoms with Gasteiger partial charge in [-0.1, -0.05) is 28.1 Å². The van der Waals surface area contributed by atoms with Gasteiger partial charge >= 0.3 is 0 Å². The molecule has 0 bridgehead atoms. The van der Waals surface area contributed by atoms with Crippen LogP contribution in [0, 0.1) is 0 Å². The van der Waals surface area contributed by atoms with Crippen molar-refractivity contribution in [2.45, 2.75) is 23.9 Å². The molecule has 102 valence electrons. The topological polar surface area (TPSA) is 83.6 Å². The van der Waals surface area contributed by atoms with Gasteiger partial charge in [0.2, 0.25) is 5.91 Å². The summed E-state index contributed by atoms with van der Waals surface area (Å²) in [4.78, 5) is 25.0. The largest absolute Gasteiger partial charge is 0.391 e. The fourth-order valence-corrected chi connectivity index (χ4v) is 2.58. The number of hydrogen-bond donors (Lipinski definition) is 2. The molecule has 0 saturated carbocycles. The third-order valence-corrected chi connectivity index (χ3v) is 3.87. The molecule has 6 heteroatoms. The molecule has 2 unspecified atom stereocenters. The lowest BCUT2D eigenvalue weighted by atomic mass is 10.1. The first-order valence-corrected chi connectivity index (χ1v) is 7.08. The normalized spacial score (nSPS) is 22.5. The van der Waals surface area contributed by atoms with Gasteiger partial charge in [0, 0.05) is 23.9 Å². The Labute approximate surface area is 119 Å². The highest BCUT2D eigenvalue weighted by molar-refractivity contribution is 9.08. The van der Waals surface area contributed by atoms with Crippen LogP contribution in [0.1, 0.15) is 22.3 Å². The van der Waals surface area contributed by atoms with Crippen LogP contribution in [0.3, 0.4) is 0 Å². The van der Waals surface area contributed by atoms with E-state index in [1.165, 1.54) is 4.90 Å². The Morgan fingerprint density at radius 2 is 2.00 bits per heavy atom. The minimum atomic E-state index is -0.724. The number of aliphatic hydroxyl groups is 1. The van der Waals surface area contributed by atoms with Gasteiger partial charge in [0.05, 0.1) is 6.10 Å². The van der Waals surface area contributed by atoms with Crippen molar-refractivity contribution in [2.75, 3.05) is 6.54 Å². The SMILES string of the molecule is NC(=O)C1CC(O)CN1C(=O)c1ccc(CBr)cc1. The van der Waals surface area contributed by atoms with Gasteiger partial charge < -0.3 is 15.7 Å². The van der Waals surface area contributed by atoms with E-state index in [1.807, 2.05) is 12.1 Å². The molecule has 1 saturated heterocycles. The van der Waals surface area contributed by atoms with Gasteiger partial charge in [0.15, 0.2) is 0 Å². The summed E-state index contributed by atoms with van der Waals surface area (Å²) in [6, 6.07) is 6.38. The molecule has 1 heterocycles. The molecule has 3 N–H and O–H groups in total. The first kappa shape index (κ1) is 14.0. The van der Waals surface area contributed by atoms with Crippen LogP contribution in [-0.2, 0) is 10.1 Å². The lowest BCUT2D eigenvalue weighted by Gasteiger charge is -2.21. The molecular formula is C13H15BrN2O3. The Balaban J connectivity index is 2.20. The molecule has 0 radical (unpaired) electrons. The monoisotopic (exact) mass is 326 g/mol. The Bertz CT molecular complexity index is 489. The van der Waals surface area contributed by atoms with Crippen LogP contribution in [0.15, 0.2) is 24.3 Å². The van der Waals surface area contributed by atoms with Gasteiger partial charge in [-0.05, 0) is 17.7 Å². The van der Waals surface area contributed by atoms with E-state index in [0.717, 1.165) is 5.56 Å². The first-order valence-electron chi connectivity index (χ1n) is 5.96. The van der Waals surface area contributed by atoms with E-state index in [1.54, 1.807) is 12.1 Å². The number of aliphatic hydroxyl groups excluding tert-OH is 1. The summed E-state index contributed by atoms with van der Waals surface area (Å²) in [6.45, 7) is 0.145. The maximum Gasteiger partial charge on any atom is 0.254 e. The number of likely N-dealkylation sites (tertiary alicyclic amines) is 1. The molecule has 1 aromatic rings. The molecule has 2 amide bonds. The summed E-state index contributed by atoms with van der Waals surface area (Å²) in [5.74, 6) is -0.858. The Hall–Kier alpha value is -1.40. The fourth-order valence-electron chi connectivity index (χ4n) is 2.21. The summed E-state index contributed by atoms with van der Waals surface area (Å²) in [6.07, 6.45) is -0.483. The highest BCUT2D eigenvalue weighted by Gasteiger charge is 2.37. The van der Waals surface area contributed by atoms with Crippen LogP contribution in [0.5, 0.6) is 0 Å². The zero-order valence-corrected chi connectivity index (χ0v) is 11.8. The van der Waals surface area contributed by atoms with Gasteiger partial charge in [0.1, 0.15) is 6.04 Å². The second kappa shape index (κ2) is 5.71. The highest BCUT2D eigenvalue weighted by atomic mass is 79.9. The molecule has 0 spiro atoms. The molecule has 2 atom stereocenters. The van der Waals surface area contributed by atoms with Crippen molar-refractivity contribution >= 4 is 27.7 Å². The number of primary amides is 1. The third-order valence-electron chi connectivity index (χ3n) is 3.22. The quantitative estimate of drug-likeness (QED) is 0.799. The van der Waals surface area contributed by atoms with Crippen molar-refractivity contribution in [3.63, 3.8) is 0 Å². The molecule has 1 aliphatic rings. The van der Waals surface area contributed by atoms with E-state index in [-0.39, 0.29) is 18.9 Å². The van der Waals surface area contributed by atoms with Gasteiger partial charge in [-0.2, -0.15) is 0 Å². The van der Waals surface area contributed by atoms with Crippen LogP contribution in [0.2, 0.25) is 0 Å². The minimum Gasteiger partial charge on any atom is -0.391 e. The Morgan fingerprint density at radius 1 is 1.37 bits per heavy atom. The van der Waals surface area contributed by atoms with Crippen molar-refractivity contribution in [3.8, 4) is 0 Å². The van der Waals surface area contributed by atoms with Crippen molar-refractivity contribution in [1.29, 1.82) is 0 Å². The molecule has 1 aliphatic heterocycles. The number of hydrogen-bond acceptors (Lipinski definition) is 3. The summed E-state index contributed by atoms with van der Waals surface area (Å²) < 4.78 is 0. The second-order valence-corrected chi connectivity index (χ2v) is 5.16. The van der Waals surface area contributed by atoms with E-state index in [2.05, 4.69) is 15.9 Å². The van der Waals surface area contributed by atoms with Crippen molar-refractivity contribution in [2.24, 2.45) is 5.73 Å². The molecule has 5 nitrogen and oxygen atoms in total. The number of nitrogens with two attached hydrogens (primary N) is 1.